The Kier molecular flexibility index (Phi) is 9.68. The Morgan fingerprint density at radius 3 is 2.33 bits per heavy atom. The van der Waals surface area contributed by atoms with Gasteiger partial charge in [-0.25, -0.2) is 9.13 Å². The second kappa shape index (κ2) is 9.75. The van der Waals surface area contributed by atoms with Gasteiger partial charge in [-0.2, -0.15) is 0 Å². The summed E-state index contributed by atoms with van der Waals surface area (Å²) in [5.74, 6) is 0. The second-order valence-electron chi connectivity index (χ2n) is 3.35. The molecule has 0 spiro atoms. The molecular weight excluding hydrogens is 287 g/mol. The van der Waals surface area contributed by atoms with Gasteiger partial charge in [0.05, 0.1) is 12.7 Å². The van der Waals surface area contributed by atoms with E-state index in [4.69, 9.17) is 33.1 Å². The molecule has 0 aliphatic rings. The molecule has 0 N–H and O–H groups in total. The number of aryl methyl sites for hydroxylation is 1. The number of allylic oxidation sites excluding steroid dienone is 1. The van der Waals surface area contributed by atoms with E-state index < -0.39 is 5.69 Å². The zero-order valence-electron chi connectivity index (χ0n) is 11.1. The molecule has 0 aliphatic heterocycles. The van der Waals surface area contributed by atoms with Crippen molar-refractivity contribution in [2.24, 2.45) is 7.05 Å². The molecule has 1 rings (SSSR count). The first-order valence-electron chi connectivity index (χ1n) is 5.67. The van der Waals surface area contributed by atoms with Gasteiger partial charge in [0.2, 0.25) is 6.33 Å². The fraction of sp³-hybridized carbons (Fsp3) is 0.545. The van der Waals surface area contributed by atoms with Gasteiger partial charge in [0.1, 0.15) is 18.9 Å². The van der Waals surface area contributed by atoms with Crippen molar-refractivity contribution in [2.75, 3.05) is 13.2 Å². The minimum absolute atomic E-state index is 0.542. The lowest BCUT2D eigenvalue weighted by Crippen LogP contribution is -2.23. The Hall–Kier alpha value is -0.130. The second-order valence-corrected chi connectivity index (χ2v) is 8.34. The highest BCUT2D eigenvalue weighted by Gasteiger charge is 1.96. The van der Waals surface area contributed by atoms with Crippen molar-refractivity contribution < 1.29 is 13.6 Å². The monoisotopic (exact) mass is 308 g/mol. The van der Waals surface area contributed by atoms with Crippen LogP contribution in [-0.4, -0.2) is 17.8 Å². The summed E-state index contributed by atoms with van der Waals surface area (Å²) in [6, 6.07) is 0. The highest BCUT2D eigenvalue weighted by atomic mass is 32.9. The molecule has 0 aromatic carbocycles. The SMILES string of the molecule is C=CCn1cc[n+](C)c1.CCOP(=S)([S-])OCC. The Balaban J connectivity index is 0.000000321. The van der Waals surface area contributed by atoms with Crippen LogP contribution in [0.4, 0.5) is 0 Å². The van der Waals surface area contributed by atoms with Crippen LogP contribution < -0.4 is 4.57 Å². The van der Waals surface area contributed by atoms with Crippen molar-refractivity contribution in [3.63, 3.8) is 0 Å². The molecule has 18 heavy (non-hydrogen) atoms. The number of nitrogens with zero attached hydrogens (tertiary/aromatic N) is 2. The van der Waals surface area contributed by atoms with Crippen molar-refractivity contribution in [2.45, 2.75) is 20.4 Å². The van der Waals surface area contributed by atoms with Crippen LogP contribution in [0.15, 0.2) is 31.4 Å². The maximum atomic E-state index is 4.99. The van der Waals surface area contributed by atoms with Crippen molar-refractivity contribution in [3.8, 4) is 0 Å². The fourth-order valence-electron chi connectivity index (χ4n) is 1.11. The molecule has 1 aromatic heterocycles. The molecule has 1 heterocycles. The van der Waals surface area contributed by atoms with E-state index in [1.54, 1.807) is 0 Å². The predicted molar refractivity (Wildman–Crippen MR) is 80.7 cm³/mol. The lowest BCUT2D eigenvalue weighted by molar-refractivity contribution is -0.671. The lowest BCUT2D eigenvalue weighted by Gasteiger charge is -2.26. The summed E-state index contributed by atoms with van der Waals surface area (Å²) in [7, 11) is 2.00. The van der Waals surface area contributed by atoms with E-state index in [1.807, 2.05) is 50.3 Å². The Bertz CT molecular complexity index is 386. The average Bonchev–Trinajstić information content (AvgIpc) is 2.65. The van der Waals surface area contributed by atoms with E-state index in [-0.39, 0.29) is 0 Å². The van der Waals surface area contributed by atoms with Gasteiger partial charge in [-0.3, -0.25) is 0 Å². The number of aromatic nitrogens is 2. The van der Waals surface area contributed by atoms with Gasteiger partial charge in [0.15, 0.2) is 0 Å². The van der Waals surface area contributed by atoms with Crippen LogP contribution in [-0.2, 0) is 46.7 Å². The fourth-order valence-corrected chi connectivity index (χ4v) is 3.08. The van der Waals surface area contributed by atoms with Crippen LogP contribution in [0, 0.1) is 0 Å². The Morgan fingerprint density at radius 1 is 1.44 bits per heavy atom. The highest BCUT2D eigenvalue weighted by Crippen LogP contribution is 2.45. The minimum Gasteiger partial charge on any atom is -0.691 e. The molecule has 0 unspecified atom stereocenters. The Labute approximate surface area is 120 Å². The Morgan fingerprint density at radius 2 is 2.00 bits per heavy atom. The predicted octanol–water partition coefficient (Wildman–Crippen LogP) is 2.33. The van der Waals surface area contributed by atoms with E-state index in [9.17, 15) is 0 Å². The molecule has 7 heteroatoms. The molecular formula is C11H21N2O2PS2. The molecule has 0 amide bonds. The molecule has 0 radical (unpaired) electrons. The van der Waals surface area contributed by atoms with Gasteiger partial charge in [0.25, 0.3) is 0 Å². The summed E-state index contributed by atoms with van der Waals surface area (Å²) in [6.07, 6.45) is 7.91. The van der Waals surface area contributed by atoms with Crippen molar-refractivity contribution in [3.05, 3.63) is 31.4 Å². The third kappa shape index (κ3) is 8.89. The summed E-state index contributed by atoms with van der Waals surface area (Å²) in [5.41, 5.74) is -2.28. The largest absolute Gasteiger partial charge is 0.691 e. The molecule has 4 nitrogen and oxygen atoms in total. The summed E-state index contributed by atoms with van der Waals surface area (Å²) in [4.78, 5) is 0. The molecule has 0 saturated carbocycles. The summed E-state index contributed by atoms with van der Waals surface area (Å²) >= 11 is 9.65. The minimum atomic E-state index is -2.28. The molecule has 0 atom stereocenters. The molecule has 0 bridgehead atoms. The molecule has 104 valence electrons. The van der Waals surface area contributed by atoms with Crippen LogP contribution in [0.3, 0.4) is 0 Å². The van der Waals surface area contributed by atoms with Crippen LogP contribution in [0.5, 0.6) is 0 Å². The number of hydrogen-bond acceptors (Lipinski definition) is 4. The third-order valence-corrected chi connectivity index (χ3v) is 4.15. The van der Waals surface area contributed by atoms with Gasteiger partial charge in [-0.15, -0.1) is 0 Å². The summed E-state index contributed by atoms with van der Waals surface area (Å²) in [5, 5.41) is 0. The van der Waals surface area contributed by atoms with Gasteiger partial charge in [0, 0.05) is 13.2 Å². The summed E-state index contributed by atoms with van der Waals surface area (Å²) in [6.45, 7) is 9.32. The topological polar surface area (TPSA) is 27.3 Å². The lowest BCUT2D eigenvalue weighted by atomic mass is 10.6. The van der Waals surface area contributed by atoms with Crippen LogP contribution in [0.1, 0.15) is 13.8 Å². The van der Waals surface area contributed by atoms with E-state index in [1.165, 1.54) is 0 Å². The van der Waals surface area contributed by atoms with Crippen LogP contribution >= 0.6 is 5.69 Å². The third-order valence-electron chi connectivity index (χ3n) is 1.74. The van der Waals surface area contributed by atoms with Crippen LogP contribution in [0.2, 0.25) is 0 Å². The van der Waals surface area contributed by atoms with Gasteiger partial charge >= 0.3 is 0 Å². The quantitative estimate of drug-likeness (QED) is 0.349. The van der Waals surface area contributed by atoms with Crippen molar-refractivity contribution in [1.82, 2.24) is 4.57 Å². The molecule has 0 fully saturated rings. The van der Waals surface area contributed by atoms with E-state index >= 15 is 0 Å². The smallest absolute Gasteiger partial charge is 0.243 e. The molecule has 0 aliphatic carbocycles. The highest BCUT2D eigenvalue weighted by molar-refractivity contribution is 8.51. The maximum absolute atomic E-state index is 4.99. The zero-order valence-corrected chi connectivity index (χ0v) is 13.6. The van der Waals surface area contributed by atoms with E-state index in [2.05, 4.69) is 11.1 Å². The van der Waals surface area contributed by atoms with E-state index in [0.717, 1.165) is 6.54 Å². The number of rotatable bonds is 6. The van der Waals surface area contributed by atoms with Crippen LogP contribution in [0.25, 0.3) is 0 Å². The zero-order chi connectivity index (χ0) is 14.0. The normalized spacial score (nSPS) is 10.7. The standard InChI is InChI=1S/C7H11N2.C4H11O2PS2/c1-3-4-9-6-5-8(2)7-9;1-3-5-7(8,9)6-4-2/h3,5-7H,1,4H2,2H3;3-4H2,1-2H3,(H,8,9)/q+1;/p-1. The first-order valence-corrected chi connectivity index (χ1v) is 9.32. The maximum Gasteiger partial charge on any atom is 0.243 e. The number of imidazole rings is 1. The van der Waals surface area contributed by atoms with Gasteiger partial charge < -0.3 is 21.3 Å². The first kappa shape index (κ1) is 17.9. The average molecular weight is 308 g/mol. The summed E-state index contributed by atoms with van der Waals surface area (Å²) < 4.78 is 14.0. The first-order chi connectivity index (χ1) is 8.45. The molecule has 0 saturated heterocycles. The van der Waals surface area contributed by atoms with Gasteiger partial charge in [-0.1, -0.05) is 24.5 Å². The molecule has 1 aromatic rings. The number of hydrogen-bond donors (Lipinski definition) is 0. The van der Waals surface area contributed by atoms with E-state index in [0.29, 0.717) is 13.2 Å². The van der Waals surface area contributed by atoms with Crippen molar-refractivity contribution >= 4 is 29.7 Å². The van der Waals surface area contributed by atoms with Gasteiger partial charge in [-0.05, 0) is 13.8 Å². The van der Waals surface area contributed by atoms with Crippen molar-refractivity contribution in [1.29, 1.82) is 0 Å².